The summed E-state index contributed by atoms with van der Waals surface area (Å²) in [6.07, 6.45) is -4.01. The minimum absolute atomic E-state index is 0.134. The summed E-state index contributed by atoms with van der Waals surface area (Å²) in [4.78, 5) is 27.4. The van der Waals surface area contributed by atoms with Gasteiger partial charge in [-0.1, -0.05) is 12.1 Å². The number of rotatable bonds is 1. The molecule has 0 aliphatic carbocycles. The molecule has 1 aromatic rings. The Morgan fingerprint density at radius 1 is 1.29 bits per heavy atom. The summed E-state index contributed by atoms with van der Waals surface area (Å²) < 4.78 is 36.9. The summed E-state index contributed by atoms with van der Waals surface area (Å²) in [5, 5.41) is 3.91. The molecule has 1 saturated heterocycles. The first-order valence-corrected chi connectivity index (χ1v) is 7.65. The van der Waals surface area contributed by atoms with Crippen LogP contribution < -0.4 is 5.32 Å². The number of hydrogen-bond acceptors (Lipinski definition) is 4. The SMILES string of the molecule is Cc1cccc2c1C1(CCN(OC(=O)C(F)(F)F)CC1)CNC2=O. The largest absolute Gasteiger partial charge is 0.492 e. The molecule has 1 spiro atoms. The van der Waals surface area contributed by atoms with E-state index in [1.165, 1.54) is 0 Å². The summed E-state index contributed by atoms with van der Waals surface area (Å²) in [7, 11) is 0. The van der Waals surface area contributed by atoms with Gasteiger partial charge in [-0.05, 0) is 37.0 Å². The van der Waals surface area contributed by atoms with E-state index in [1.807, 2.05) is 19.1 Å². The highest BCUT2D eigenvalue weighted by Gasteiger charge is 2.46. The van der Waals surface area contributed by atoms with Gasteiger partial charge in [0.05, 0.1) is 0 Å². The third kappa shape index (κ3) is 2.86. The van der Waals surface area contributed by atoms with Crippen molar-refractivity contribution >= 4 is 11.9 Å². The number of piperidine rings is 1. The van der Waals surface area contributed by atoms with Gasteiger partial charge in [-0.15, -0.1) is 5.06 Å². The molecule has 0 aromatic heterocycles. The fraction of sp³-hybridized carbons (Fsp3) is 0.500. The standard InChI is InChI=1S/C16H17F3N2O3/c1-10-3-2-4-11-12(10)15(9-20-13(11)22)5-7-21(8-6-15)24-14(23)16(17,18)19/h2-4H,5-9H2,1H3,(H,20,22). The van der Waals surface area contributed by atoms with Gasteiger partial charge in [0.15, 0.2) is 0 Å². The number of aryl methyl sites for hydroxylation is 1. The zero-order valence-corrected chi connectivity index (χ0v) is 13.1. The summed E-state index contributed by atoms with van der Waals surface area (Å²) in [5.41, 5.74) is 2.22. The number of hydroxylamine groups is 2. The molecule has 0 bridgehead atoms. The normalized spacial score (nSPS) is 20.4. The highest BCUT2D eigenvalue weighted by atomic mass is 19.4. The van der Waals surface area contributed by atoms with Crippen LogP contribution in [0.15, 0.2) is 18.2 Å². The summed E-state index contributed by atoms with van der Waals surface area (Å²) in [6.45, 7) is 2.73. The average Bonchev–Trinajstić information content (AvgIpc) is 2.52. The molecule has 8 heteroatoms. The second-order valence-corrected chi connectivity index (χ2v) is 6.27. The van der Waals surface area contributed by atoms with Crippen LogP contribution in [-0.4, -0.2) is 42.8 Å². The summed E-state index contributed by atoms with van der Waals surface area (Å²) >= 11 is 0. The van der Waals surface area contributed by atoms with Crippen LogP contribution in [0.3, 0.4) is 0 Å². The minimum Gasteiger partial charge on any atom is -0.361 e. The third-order valence-corrected chi connectivity index (χ3v) is 4.76. The molecule has 0 unspecified atom stereocenters. The van der Waals surface area contributed by atoms with Crippen LogP contribution in [0.2, 0.25) is 0 Å². The molecule has 1 fully saturated rings. The van der Waals surface area contributed by atoms with Gasteiger partial charge in [-0.3, -0.25) is 4.79 Å². The van der Waals surface area contributed by atoms with Crippen molar-refractivity contribution in [2.75, 3.05) is 19.6 Å². The zero-order chi connectivity index (χ0) is 17.5. The molecule has 130 valence electrons. The van der Waals surface area contributed by atoms with Gasteiger partial charge in [-0.2, -0.15) is 13.2 Å². The lowest BCUT2D eigenvalue weighted by Crippen LogP contribution is -2.53. The monoisotopic (exact) mass is 342 g/mol. The zero-order valence-electron chi connectivity index (χ0n) is 13.1. The lowest BCUT2D eigenvalue weighted by atomic mass is 9.68. The van der Waals surface area contributed by atoms with E-state index in [2.05, 4.69) is 10.2 Å². The maximum Gasteiger partial charge on any atom is 0.492 e. The minimum atomic E-state index is -5.00. The van der Waals surface area contributed by atoms with E-state index in [0.717, 1.165) is 16.2 Å². The molecule has 1 N–H and O–H groups in total. The van der Waals surface area contributed by atoms with Crippen molar-refractivity contribution in [2.24, 2.45) is 0 Å². The Labute approximate surface area is 136 Å². The van der Waals surface area contributed by atoms with Gasteiger partial charge >= 0.3 is 12.1 Å². The molecule has 2 heterocycles. The molecule has 0 saturated carbocycles. The Morgan fingerprint density at radius 2 is 1.96 bits per heavy atom. The van der Waals surface area contributed by atoms with Crippen LogP contribution in [0.1, 0.15) is 34.3 Å². The van der Waals surface area contributed by atoms with Crippen molar-refractivity contribution < 1.29 is 27.6 Å². The second-order valence-electron chi connectivity index (χ2n) is 6.27. The number of hydrogen-bond donors (Lipinski definition) is 1. The predicted molar refractivity (Wildman–Crippen MR) is 78.1 cm³/mol. The van der Waals surface area contributed by atoms with E-state index >= 15 is 0 Å². The molecule has 2 aliphatic rings. The van der Waals surface area contributed by atoms with Crippen molar-refractivity contribution in [3.8, 4) is 0 Å². The topological polar surface area (TPSA) is 58.6 Å². The van der Waals surface area contributed by atoms with Gasteiger partial charge in [0.1, 0.15) is 0 Å². The van der Waals surface area contributed by atoms with Crippen LogP contribution in [-0.2, 0) is 15.0 Å². The maximum absolute atomic E-state index is 12.3. The number of alkyl halides is 3. The molecule has 2 aliphatic heterocycles. The lowest BCUT2D eigenvalue weighted by Gasteiger charge is -2.45. The van der Waals surface area contributed by atoms with Gasteiger partial charge in [0, 0.05) is 30.6 Å². The second kappa shape index (κ2) is 5.77. The number of fused-ring (bicyclic) bond motifs is 2. The number of halogens is 3. The molecular formula is C16H17F3N2O3. The molecule has 1 aromatic carbocycles. The number of carbonyl (C=O) groups excluding carboxylic acids is 2. The third-order valence-electron chi connectivity index (χ3n) is 4.76. The predicted octanol–water partition coefficient (Wildman–Crippen LogP) is 2.09. The molecule has 0 radical (unpaired) electrons. The van der Waals surface area contributed by atoms with Gasteiger partial charge in [0.25, 0.3) is 5.91 Å². The fourth-order valence-corrected chi connectivity index (χ4v) is 3.60. The summed E-state index contributed by atoms with van der Waals surface area (Å²) in [5.74, 6) is -2.34. The molecule has 24 heavy (non-hydrogen) atoms. The van der Waals surface area contributed by atoms with Crippen molar-refractivity contribution in [1.82, 2.24) is 10.4 Å². The van der Waals surface area contributed by atoms with E-state index in [-0.39, 0.29) is 24.4 Å². The number of nitrogens with one attached hydrogen (secondary N) is 1. The molecule has 3 rings (SSSR count). The van der Waals surface area contributed by atoms with Crippen molar-refractivity contribution in [2.45, 2.75) is 31.4 Å². The van der Waals surface area contributed by atoms with E-state index < -0.39 is 12.1 Å². The molecule has 1 amide bonds. The Hall–Kier alpha value is -2.09. The van der Waals surface area contributed by atoms with Crippen LogP contribution in [0.25, 0.3) is 0 Å². The quantitative estimate of drug-likeness (QED) is 0.849. The molecule has 5 nitrogen and oxygen atoms in total. The number of carbonyl (C=O) groups is 2. The number of nitrogens with zero attached hydrogens (tertiary/aromatic N) is 1. The molecule has 0 atom stereocenters. The van der Waals surface area contributed by atoms with Crippen molar-refractivity contribution in [3.05, 3.63) is 34.9 Å². The highest BCUT2D eigenvalue weighted by molar-refractivity contribution is 5.97. The molecular weight excluding hydrogens is 325 g/mol. The maximum atomic E-state index is 12.3. The van der Waals surface area contributed by atoms with Gasteiger partial charge in [-0.25, -0.2) is 4.79 Å². The van der Waals surface area contributed by atoms with E-state index in [1.54, 1.807) is 6.07 Å². The lowest BCUT2D eigenvalue weighted by molar-refractivity contribution is -0.242. The first kappa shape index (κ1) is 16.8. The Balaban J connectivity index is 1.78. The van der Waals surface area contributed by atoms with Crippen LogP contribution in [0.5, 0.6) is 0 Å². The van der Waals surface area contributed by atoms with Crippen LogP contribution >= 0.6 is 0 Å². The van der Waals surface area contributed by atoms with Crippen LogP contribution in [0.4, 0.5) is 13.2 Å². The Kier molecular flexibility index (Phi) is 4.03. The summed E-state index contributed by atoms with van der Waals surface area (Å²) in [6, 6.07) is 5.50. The average molecular weight is 342 g/mol. The Bertz CT molecular complexity index is 680. The van der Waals surface area contributed by atoms with E-state index in [4.69, 9.17) is 0 Å². The van der Waals surface area contributed by atoms with Gasteiger partial charge < -0.3 is 10.2 Å². The Morgan fingerprint density at radius 3 is 2.58 bits per heavy atom. The van der Waals surface area contributed by atoms with Gasteiger partial charge in [0.2, 0.25) is 0 Å². The first-order valence-electron chi connectivity index (χ1n) is 7.65. The van der Waals surface area contributed by atoms with E-state index in [9.17, 15) is 22.8 Å². The van der Waals surface area contributed by atoms with E-state index in [0.29, 0.717) is 24.9 Å². The first-order chi connectivity index (χ1) is 11.2. The van der Waals surface area contributed by atoms with Crippen LogP contribution in [0, 0.1) is 6.92 Å². The van der Waals surface area contributed by atoms with Crippen molar-refractivity contribution in [3.63, 3.8) is 0 Å². The highest BCUT2D eigenvalue weighted by Crippen LogP contribution is 2.41. The smallest absolute Gasteiger partial charge is 0.361 e. The number of benzene rings is 1. The fourth-order valence-electron chi connectivity index (χ4n) is 3.60. The van der Waals surface area contributed by atoms with Crippen molar-refractivity contribution in [1.29, 1.82) is 0 Å². The number of amides is 1.